The van der Waals surface area contributed by atoms with Gasteiger partial charge in [0.1, 0.15) is 0 Å². The van der Waals surface area contributed by atoms with Crippen LogP contribution in [0.2, 0.25) is 0 Å². The molecule has 1 aliphatic heterocycles. The van der Waals surface area contributed by atoms with Gasteiger partial charge in [-0.1, -0.05) is 0 Å². The lowest BCUT2D eigenvalue weighted by atomic mass is 10.2. The molecule has 3 rings (SSSR count). The lowest BCUT2D eigenvalue weighted by Crippen LogP contribution is -2.48. The van der Waals surface area contributed by atoms with Crippen molar-refractivity contribution >= 4 is 44.5 Å². The van der Waals surface area contributed by atoms with Crippen LogP contribution < -0.4 is 10.6 Å². The molecule has 0 atom stereocenters. The van der Waals surface area contributed by atoms with Crippen LogP contribution in [0, 0.1) is 0 Å². The van der Waals surface area contributed by atoms with E-state index in [0.29, 0.717) is 18.8 Å². The molecule has 0 aromatic carbocycles. The smallest absolute Gasteiger partial charge is 0.254 e. The van der Waals surface area contributed by atoms with Crippen LogP contribution in [-0.4, -0.2) is 42.0 Å². The second kappa shape index (κ2) is 6.03. The Labute approximate surface area is 135 Å². The number of aromatic nitrogens is 1. The molecule has 21 heavy (non-hydrogen) atoms. The Morgan fingerprint density at radius 3 is 2.71 bits per heavy atom. The summed E-state index contributed by atoms with van der Waals surface area (Å²) in [6.45, 7) is 2.97. The predicted octanol–water partition coefficient (Wildman–Crippen LogP) is 2.45. The van der Waals surface area contributed by atoms with Gasteiger partial charge in [0.25, 0.3) is 5.91 Å². The monoisotopic (exact) mass is 366 g/mol. The molecule has 0 unspecified atom stereocenters. The fourth-order valence-corrected chi connectivity index (χ4v) is 3.57. The third-order valence-corrected chi connectivity index (χ3v) is 5.05. The van der Waals surface area contributed by atoms with E-state index < -0.39 is 0 Å². The molecule has 1 aliphatic rings. The van der Waals surface area contributed by atoms with E-state index in [4.69, 9.17) is 5.73 Å². The number of piperazine rings is 1. The zero-order valence-electron chi connectivity index (χ0n) is 11.3. The van der Waals surface area contributed by atoms with E-state index in [9.17, 15) is 4.79 Å². The summed E-state index contributed by atoms with van der Waals surface area (Å²) >= 11 is 4.92. The van der Waals surface area contributed by atoms with E-state index in [0.717, 1.165) is 28.1 Å². The van der Waals surface area contributed by atoms with E-state index in [1.807, 2.05) is 22.4 Å². The number of amides is 1. The van der Waals surface area contributed by atoms with Crippen molar-refractivity contribution in [1.29, 1.82) is 0 Å². The molecule has 1 fully saturated rings. The van der Waals surface area contributed by atoms with Gasteiger partial charge >= 0.3 is 0 Å². The van der Waals surface area contributed by atoms with Gasteiger partial charge in [-0.2, -0.15) is 0 Å². The Morgan fingerprint density at radius 1 is 1.33 bits per heavy atom. The summed E-state index contributed by atoms with van der Waals surface area (Å²) in [6.07, 6.45) is 3.40. The summed E-state index contributed by atoms with van der Waals surface area (Å²) in [5.74, 6) is 0.0966. The van der Waals surface area contributed by atoms with Crippen molar-refractivity contribution in [2.45, 2.75) is 0 Å². The Balaban J connectivity index is 1.65. The molecule has 2 aromatic rings. The first kappa shape index (κ1) is 14.3. The molecule has 5 nitrogen and oxygen atoms in total. The van der Waals surface area contributed by atoms with Gasteiger partial charge in [0.05, 0.1) is 26.9 Å². The minimum atomic E-state index is 0.0966. The number of nitrogens with zero attached hydrogens (tertiary/aromatic N) is 3. The molecule has 0 aliphatic carbocycles. The fraction of sp³-hybridized carbons (Fsp3) is 0.286. The highest BCUT2D eigenvalue weighted by Gasteiger charge is 2.23. The van der Waals surface area contributed by atoms with E-state index in [1.165, 1.54) is 11.3 Å². The van der Waals surface area contributed by atoms with Crippen LogP contribution in [0.1, 0.15) is 10.4 Å². The topological polar surface area (TPSA) is 62.5 Å². The number of nitrogens with two attached hydrogens (primary N) is 1. The summed E-state index contributed by atoms with van der Waals surface area (Å²) in [6, 6.07) is 3.79. The first-order valence-electron chi connectivity index (χ1n) is 6.63. The lowest BCUT2D eigenvalue weighted by Gasteiger charge is -2.36. The van der Waals surface area contributed by atoms with Gasteiger partial charge in [0, 0.05) is 37.8 Å². The minimum absolute atomic E-state index is 0.0966. The van der Waals surface area contributed by atoms with Crippen LogP contribution in [0.5, 0.6) is 0 Å². The van der Waals surface area contributed by atoms with Crippen molar-refractivity contribution in [3.05, 3.63) is 39.3 Å². The van der Waals surface area contributed by atoms with Crippen LogP contribution in [0.4, 0.5) is 11.4 Å². The number of halogens is 1. The third kappa shape index (κ3) is 3.03. The quantitative estimate of drug-likeness (QED) is 0.886. The largest absolute Gasteiger partial charge is 0.396 e. The molecule has 7 heteroatoms. The number of thiophene rings is 1. The van der Waals surface area contributed by atoms with Crippen LogP contribution in [0.25, 0.3) is 0 Å². The molecular weight excluding hydrogens is 352 g/mol. The molecule has 110 valence electrons. The summed E-state index contributed by atoms with van der Waals surface area (Å²) in [7, 11) is 0. The van der Waals surface area contributed by atoms with E-state index in [-0.39, 0.29) is 5.91 Å². The lowest BCUT2D eigenvalue weighted by molar-refractivity contribution is 0.0747. The summed E-state index contributed by atoms with van der Waals surface area (Å²) < 4.78 is 0.981. The summed E-state index contributed by atoms with van der Waals surface area (Å²) in [5.41, 5.74) is 8.38. The van der Waals surface area contributed by atoms with Crippen molar-refractivity contribution in [2.24, 2.45) is 0 Å². The highest BCUT2D eigenvalue weighted by molar-refractivity contribution is 9.11. The van der Waals surface area contributed by atoms with Crippen LogP contribution >= 0.6 is 27.3 Å². The average Bonchev–Trinajstić information content (AvgIpc) is 2.94. The van der Waals surface area contributed by atoms with Gasteiger partial charge in [0.15, 0.2) is 0 Å². The number of rotatable bonds is 2. The SMILES string of the molecule is Nc1cnccc1N1CCN(C(=O)c2csc(Br)c2)CC1. The number of hydrogen-bond acceptors (Lipinski definition) is 5. The van der Waals surface area contributed by atoms with Crippen molar-refractivity contribution in [2.75, 3.05) is 36.8 Å². The molecular formula is C14H15BrN4OS. The maximum absolute atomic E-state index is 12.4. The molecule has 1 saturated heterocycles. The Morgan fingerprint density at radius 2 is 2.10 bits per heavy atom. The fourth-order valence-electron chi connectivity index (χ4n) is 2.44. The number of nitrogen functional groups attached to an aromatic ring is 1. The maximum Gasteiger partial charge on any atom is 0.254 e. The Kier molecular flexibility index (Phi) is 4.12. The molecule has 0 bridgehead atoms. The van der Waals surface area contributed by atoms with E-state index in [1.54, 1.807) is 12.4 Å². The van der Waals surface area contributed by atoms with Gasteiger partial charge in [-0.25, -0.2) is 0 Å². The van der Waals surface area contributed by atoms with E-state index in [2.05, 4.69) is 25.8 Å². The maximum atomic E-state index is 12.4. The number of carbonyl (C=O) groups is 1. The highest BCUT2D eigenvalue weighted by atomic mass is 79.9. The van der Waals surface area contributed by atoms with Gasteiger partial charge in [0.2, 0.25) is 0 Å². The standard InChI is InChI=1S/C14H15BrN4OS/c15-13-7-10(9-21-13)14(20)19-5-3-18(4-6-19)12-1-2-17-8-11(12)16/h1-2,7-9H,3-6,16H2. The Hall–Kier alpha value is -1.60. The van der Waals surface area contributed by atoms with Crippen LogP contribution in [0.3, 0.4) is 0 Å². The van der Waals surface area contributed by atoms with Gasteiger partial charge in [-0.15, -0.1) is 11.3 Å². The second-order valence-electron chi connectivity index (χ2n) is 4.85. The number of anilines is 2. The predicted molar refractivity (Wildman–Crippen MR) is 88.8 cm³/mol. The first-order valence-corrected chi connectivity index (χ1v) is 8.30. The van der Waals surface area contributed by atoms with Crippen LogP contribution in [0.15, 0.2) is 33.7 Å². The van der Waals surface area contributed by atoms with Crippen LogP contribution in [-0.2, 0) is 0 Å². The molecule has 0 spiro atoms. The molecule has 2 aromatic heterocycles. The summed E-state index contributed by atoms with van der Waals surface area (Å²) in [5, 5.41) is 1.89. The third-order valence-electron chi connectivity index (χ3n) is 3.55. The number of carbonyl (C=O) groups excluding carboxylic acids is 1. The van der Waals surface area contributed by atoms with E-state index >= 15 is 0 Å². The first-order chi connectivity index (χ1) is 10.1. The molecule has 3 heterocycles. The van der Waals surface area contributed by atoms with Crippen molar-refractivity contribution in [1.82, 2.24) is 9.88 Å². The zero-order valence-corrected chi connectivity index (χ0v) is 13.7. The van der Waals surface area contributed by atoms with Gasteiger partial charge in [-0.05, 0) is 28.1 Å². The van der Waals surface area contributed by atoms with Gasteiger partial charge in [-0.3, -0.25) is 9.78 Å². The molecule has 1 amide bonds. The molecule has 0 saturated carbocycles. The molecule has 0 radical (unpaired) electrons. The highest BCUT2D eigenvalue weighted by Crippen LogP contribution is 2.25. The Bertz CT molecular complexity index is 652. The zero-order chi connectivity index (χ0) is 14.8. The van der Waals surface area contributed by atoms with Gasteiger partial charge < -0.3 is 15.5 Å². The van der Waals surface area contributed by atoms with Crippen molar-refractivity contribution in [3.8, 4) is 0 Å². The van der Waals surface area contributed by atoms with Crippen molar-refractivity contribution in [3.63, 3.8) is 0 Å². The number of hydrogen-bond donors (Lipinski definition) is 1. The number of pyridine rings is 1. The average molecular weight is 367 g/mol. The normalized spacial score (nSPS) is 15.3. The second-order valence-corrected chi connectivity index (χ2v) is 7.14. The summed E-state index contributed by atoms with van der Waals surface area (Å²) in [4.78, 5) is 20.5. The minimum Gasteiger partial charge on any atom is -0.396 e. The molecule has 2 N–H and O–H groups in total. The van der Waals surface area contributed by atoms with Crippen molar-refractivity contribution < 1.29 is 4.79 Å².